The molecule has 0 aliphatic heterocycles. The van der Waals surface area contributed by atoms with Crippen molar-refractivity contribution in [3.8, 4) is 0 Å². The fraction of sp³-hybridized carbons (Fsp3) is 0.308. The molecule has 0 atom stereocenters. The fourth-order valence-electron chi connectivity index (χ4n) is 1.43. The van der Waals surface area contributed by atoms with E-state index in [-0.39, 0.29) is 0 Å². The molecule has 0 aromatic heterocycles. The maximum absolute atomic E-state index is 4.46. The van der Waals surface area contributed by atoms with Gasteiger partial charge in [0.15, 0.2) is 0 Å². The molecule has 92 valence electrons. The highest BCUT2D eigenvalue weighted by molar-refractivity contribution is 7.96. The number of rotatable bonds is 5. The van der Waals surface area contributed by atoms with Crippen LogP contribution in [-0.4, -0.2) is 12.1 Å². The zero-order valence-corrected chi connectivity index (χ0v) is 11.4. The minimum Gasteiger partial charge on any atom is -0.253 e. The number of hydrogen-bond donors (Lipinski definition) is 1. The molecule has 4 heteroatoms. The maximum Gasteiger partial charge on any atom is 0.124 e. The molecule has 0 bridgehead atoms. The molecule has 0 saturated carbocycles. The van der Waals surface area contributed by atoms with Crippen molar-refractivity contribution in [2.45, 2.75) is 20.3 Å². The van der Waals surface area contributed by atoms with E-state index >= 15 is 0 Å². The van der Waals surface area contributed by atoms with Crippen molar-refractivity contribution in [2.24, 2.45) is 4.99 Å². The highest BCUT2D eigenvalue weighted by atomic mass is 32.2. The molecule has 0 heterocycles. The van der Waals surface area contributed by atoms with Gasteiger partial charge in [0.25, 0.3) is 0 Å². The van der Waals surface area contributed by atoms with Crippen molar-refractivity contribution >= 4 is 23.5 Å². The lowest BCUT2D eigenvalue weighted by atomic mass is 10.3. The second kappa shape index (κ2) is 7.14. The molecule has 0 unspecified atom stereocenters. The van der Waals surface area contributed by atoms with Crippen LogP contribution in [0.1, 0.15) is 20.3 Å². The molecular weight excluding hydrogens is 230 g/mol. The van der Waals surface area contributed by atoms with Gasteiger partial charge in [0.1, 0.15) is 5.84 Å². The highest BCUT2D eigenvalue weighted by Crippen LogP contribution is 2.15. The van der Waals surface area contributed by atoms with Crippen LogP contribution in [0.4, 0.5) is 5.69 Å². The molecule has 0 aliphatic carbocycles. The van der Waals surface area contributed by atoms with Gasteiger partial charge in [0.2, 0.25) is 0 Å². The summed E-state index contributed by atoms with van der Waals surface area (Å²) in [5, 5.41) is 1.99. The maximum atomic E-state index is 4.46. The third-order valence-corrected chi connectivity index (χ3v) is 2.46. The predicted octanol–water partition coefficient (Wildman–Crippen LogP) is 3.62. The summed E-state index contributed by atoms with van der Waals surface area (Å²) in [6.07, 6.45) is 2.83. The van der Waals surface area contributed by atoms with Crippen molar-refractivity contribution in [1.82, 2.24) is 4.83 Å². The van der Waals surface area contributed by atoms with E-state index in [1.165, 1.54) is 0 Å². The first-order valence-corrected chi connectivity index (χ1v) is 6.78. The Morgan fingerprint density at radius 3 is 2.53 bits per heavy atom. The third-order valence-electron chi connectivity index (χ3n) is 2.09. The minimum atomic E-state index is 0.811. The lowest BCUT2D eigenvalue weighted by Crippen LogP contribution is -2.38. The number of hydrazine groups is 1. The monoisotopic (exact) mass is 249 g/mol. The molecule has 0 radical (unpaired) electrons. The van der Waals surface area contributed by atoms with E-state index in [1.807, 2.05) is 48.5 Å². The van der Waals surface area contributed by atoms with Crippen LogP contribution in [0.2, 0.25) is 0 Å². The largest absolute Gasteiger partial charge is 0.253 e. The number of anilines is 1. The van der Waals surface area contributed by atoms with Gasteiger partial charge in [-0.05, 0) is 25.3 Å². The molecule has 0 amide bonds. The molecule has 1 rings (SSSR count). The Morgan fingerprint density at radius 1 is 1.41 bits per heavy atom. The molecule has 0 fully saturated rings. The standard InChI is InChI=1S/C13H19N3S/c1-5-13(14-11(2)3)16(15-17-4)12-9-7-6-8-10-12/h6-10,15H,2,5H2,1,3-4H3/b14-13-. The number of amidine groups is 1. The predicted molar refractivity (Wildman–Crippen MR) is 78.1 cm³/mol. The second-order valence-corrected chi connectivity index (χ2v) is 4.17. The van der Waals surface area contributed by atoms with Crippen LogP contribution >= 0.6 is 11.9 Å². The highest BCUT2D eigenvalue weighted by Gasteiger charge is 2.11. The average molecular weight is 249 g/mol. The van der Waals surface area contributed by atoms with Crippen LogP contribution in [0.15, 0.2) is 47.6 Å². The van der Waals surface area contributed by atoms with Crippen molar-refractivity contribution in [3.05, 3.63) is 42.6 Å². The number of aliphatic imine (C=N–C) groups is 1. The summed E-state index contributed by atoms with van der Waals surface area (Å²) >= 11 is 1.54. The van der Waals surface area contributed by atoms with E-state index in [0.717, 1.165) is 23.6 Å². The number of nitrogens with one attached hydrogen (secondary N) is 1. The molecule has 0 aliphatic rings. The Hall–Kier alpha value is -1.26. The lowest BCUT2D eigenvalue weighted by Gasteiger charge is -2.25. The van der Waals surface area contributed by atoms with E-state index in [1.54, 1.807) is 11.9 Å². The Bertz CT molecular complexity index is 387. The lowest BCUT2D eigenvalue weighted by molar-refractivity contribution is 0.986. The number of hydrogen-bond acceptors (Lipinski definition) is 3. The summed E-state index contributed by atoms with van der Waals surface area (Å²) < 4.78 is 0. The van der Waals surface area contributed by atoms with E-state index in [2.05, 4.69) is 23.3 Å². The SMILES string of the molecule is C=C(C)/N=C(/CC)N(NSC)c1ccccc1. The van der Waals surface area contributed by atoms with Crippen LogP contribution in [0.5, 0.6) is 0 Å². The average Bonchev–Trinajstić information content (AvgIpc) is 2.34. The van der Waals surface area contributed by atoms with E-state index in [9.17, 15) is 0 Å². The molecule has 1 aromatic carbocycles. The van der Waals surface area contributed by atoms with E-state index in [4.69, 9.17) is 0 Å². The number of allylic oxidation sites excluding steroid dienone is 1. The number of nitrogens with zero attached hydrogens (tertiary/aromatic N) is 2. The van der Waals surface area contributed by atoms with Crippen LogP contribution in [0.3, 0.4) is 0 Å². The quantitative estimate of drug-likeness (QED) is 0.374. The van der Waals surface area contributed by atoms with Crippen LogP contribution in [0, 0.1) is 0 Å². The molecule has 1 N–H and O–H groups in total. The topological polar surface area (TPSA) is 27.6 Å². The first kappa shape index (κ1) is 13.8. The van der Waals surface area contributed by atoms with Gasteiger partial charge in [0, 0.05) is 12.1 Å². The Morgan fingerprint density at radius 2 is 2.06 bits per heavy atom. The Labute approximate surface area is 108 Å². The smallest absolute Gasteiger partial charge is 0.124 e. The molecule has 0 saturated heterocycles. The first-order valence-electron chi connectivity index (χ1n) is 5.56. The van der Waals surface area contributed by atoms with E-state index < -0.39 is 0 Å². The number of benzene rings is 1. The fourth-order valence-corrected chi connectivity index (χ4v) is 1.82. The second-order valence-electron chi connectivity index (χ2n) is 3.58. The normalized spacial score (nSPS) is 11.4. The zero-order chi connectivity index (χ0) is 12.7. The summed E-state index contributed by atoms with van der Waals surface area (Å²) in [4.78, 5) is 7.70. The Balaban J connectivity index is 3.03. The van der Waals surface area contributed by atoms with Crippen LogP contribution in [-0.2, 0) is 0 Å². The van der Waals surface area contributed by atoms with Gasteiger partial charge in [-0.2, -0.15) is 4.83 Å². The Kier molecular flexibility index (Phi) is 5.80. The summed E-state index contributed by atoms with van der Waals surface area (Å²) in [6.45, 7) is 7.81. The van der Waals surface area contributed by atoms with Gasteiger partial charge >= 0.3 is 0 Å². The van der Waals surface area contributed by atoms with Gasteiger partial charge < -0.3 is 0 Å². The van der Waals surface area contributed by atoms with Crippen LogP contribution in [0.25, 0.3) is 0 Å². The van der Waals surface area contributed by atoms with Gasteiger partial charge in [-0.25, -0.2) is 4.99 Å². The summed E-state index contributed by atoms with van der Waals surface area (Å²) in [5.41, 5.74) is 1.88. The first-order chi connectivity index (χ1) is 8.19. The van der Waals surface area contributed by atoms with Crippen molar-refractivity contribution in [3.63, 3.8) is 0 Å². The molecule has 3 nitrogen and oxygen atoms in total. The molecule has 17 heavy (non-hydrogen) atoms. The van der Waals surface area contributed by atoms with Gasteiger partial charge in [-0.15, -0.1) is 0 Å². The van der Waals surface area contributed by atoms with Crippen LogP contribution < -0.4 is 9.84 Å². The van der Waals surface area contributed by atoms with Crippen molar-refractivity contribution in [2.75, 3.05) is 11.3 Å². The molecular formula is C13H19N3S. The minimum absolute atomic E-state index is 0.811. The third kappa shape index (κ3) is 4.24. The van der Waals surface area contributed by atoms with Gasteiger partial charge in [-0.3, -0.25) is 5.01 Å². The summed E-state index contributed by atoms with van der Waals surface area (Å²) in [6, 6.07) is 10.1. The van der Waals surface area contributed by atoms with E-state index in [0.29, 0.717) is 0 Å². The molecule has 0 spiro atoms. The molecule has 1 aromatic rings. The summed E-state index contributed by atoms with van der Waals surface area (Å²) in [5.74, 6) is 0.957. The van der Waals surface area contributed by atoms with Gasteiger partial charge in [0.05, 0.1) is 5.69 Å². The van der Waals surface area contributed by atoms with Crippen molar-refractivity contribution < 1.29 is 0 Å². The number of para-hydroxylation sites is 1. The van der Waals surface area contributed by atoms with Gasteiger partial charge in [-0.1, -0.05) is 43.6 Å². The summed E-state index contributed by atoms with van der Waals surface area (Å²) in [7, 11) is 0. The van der Waals surface area contributed by atoms with Crippen molar-refractivity contribution in [1.29, 1.82) is 0 Å². The zero-order valence-electron chi connectivity index (χ0n) is 10.6.